The standard InChI is InChI=1S/C12H15ClF2O/c1-3-7(4-2)12(16)10-9(14)6-5-8(13)11(10)15/h5-7,12,16H,3-4H2,1-2H3. The minimum atomic E-state index is -1.14. The number of aliphatic hydroxyl groups is 1. The van der Waals surface area contributed by atoms with Gasteiger partial charge in [-0.3, -0.25) is 0 Å². The van der Waals surface area contributed by atoms with E-state index < -0.39 is 17.7 Å². The highest BCUT2D eigenvalue weighted by Crippen LogP contribution is 2.33. The molecule has 1 nitrogen and oxygen atoms in total. The number of halogens is 3. The molecule has 0 aliphatic rings. The van der Waals surface area contributed by atoms with E-state index in [9.17, 15) is 13.9 Å². The van der Waals surface area contributed by atoms with Gasteiger partial charge in [-0.1, -0.05) is 38.3 Å². The Labute approximate surface area is 99.0 Å². The van der Waals surface area contributed by atoms with Crippen LogP contribution in [0.15, 0.2) is 12.1 Å². The van der Waals surface area contributed by atoms with E-state index >= 15 is 0 Å². The number of rotatable bonds is 4. The van der Waals surface area contributed by atoms with Gasteiger partial charge in [0.2, 0.25) is 0 Å². The zero-order valence-electron chi connectivity index (χ0n) is 9.30. The van der Waals surface area contributed by atoms with Gasteiger partial charge in [0.25, 0.3) is 0 Å². The van der Waals surface area contributed by atoms with E-state index in [-0.39, 0.29) is 16.5 Å². The minimum absolute atomic E-state index is 0.164. The minimum Gasteiger partial charge on any atom is -0.388 e. The second kappa shape index (κ2) is 5.60. The Morgan fingerprint density at radius 2 is 1.81 bits per heavy atom. The second-order valence-corrected chi connectivity index (χ2v) is 4.19. The summed E-state index contributed by atoms with van der Waals surface area (Å²) in [5.74, 6) is -1.77. The first-order valence-electron chi connectivity index (χ1n) is 5.34. The highest BCUT2D eigenvalue weighted by molar-refractivity contribution is 6.30. The van der Waals surface area contributed by atoms with Gasteiger partial charge in [-0.2, -0.15) is 0 Å². The fourth-order valence-electron chi connectivity index (χ4n) is 1.78. The molecule has 1 N–H and O–H groups in total. The first-order valence-corrected chi connectivity index (χ1v) is 5.72. The van der Waals surface area contributed by atoms with Crippen molar-refractivity contribution in [3.63, 3.8) is 0 Å². The van der Waals surface area contributed by atoms with E-state index in [1.54, 1.807) is 0 Å². The molecule has 0 bridgehead atoms. The van der Waals surface area contributed by atoms with Crippen LogP contribution in [0.3, 0.4) is 0 Å². The fraction of sp³-hybridized carbons (Fsp3) is 0.500. The van der Waals surface area contributed by atoms with Crippen molar-refractivity contribution < 1.29 is 13.9 Å². The number of hydrogen-bond donors (Lipinski definition) is 1. The summed E-state index contributed by atoms with van der Waals surface area (Å²) in [4.78, 5) is 0. The lowest BCUT2D eigenvalue weighted by atomic mass is 9.91. The average molecular weight is 249 g/mol. The Bertz CT molecular complexity index is 364. The van der Waals surface area contributed by atoms with Crippen molar-refractivity contribution in [2.75, 3.05) is 0 Å². The monoisotopic (exact) mass is 248 g/mol. The molecule has 0 heterocycles. The molecule has 1 aromatic carbocycles. The largest absolute Gasteiger partial charge is 0.388 e. The summed E-state index contributed by atoms with van der Waals surface area (Å²) in [5, 5.41) is 9.76. The van der Waals surface area contributed by atoms with E-state index in [1.165, 1.54) is 0 Å². The molecule has 1 aromatic rings. The second-order valence-electron chi connectivity index (χ2n) is 3.78. The van der Waals surface area contributed by atoms with Gasteiger partial charge in [-0.15, -0.1) is 0 Å². The summed E-state index contributed by atoms with van der Waals surface area (Å²) >= 11 is 5.57. The third-order valence-corrected chi connectivity index (χ3v) is 3.16. The number of hydrogen-bond acceptors (Lipinski definition) is 1. The van der Waals surface area contributed by atoms with Crippen LogP contribution < -0.4 is 0 Å². The van der Waals surface area contributed by atoms with Crippen LogP contribution in [0.2, 0.25) is 5.02 Å². The third-order valence-electron chi connectivity index (χ3n) is 2.87. The molecule has 1 unspecified atom stereocenters. The molecule has 0 saturated carbocycles. The quantitative estimate of drug-likeness (QED) is 0.796. The molecule has 0 aliphatic heterocycles. The van der Waals surface area contributed by atoms with Gasteiger partial charge >= 0.3 is 0 Å². The summed E-state index contributed by atoms with van der Waals surface area (Å²) in [6.07, 6.45) is 0.167. The predicted octanol–water partition coefficient (Wildman–Crippen LogP) is 4.09. The van der Waals surface area contributed by atoms with E-state index in [0.29, 0.717) is 12.8 Å². The summed E-state index contributed by atoms with van der Waals surface area (Å²) in [6.45, 7) is 3.75. The molecule has 0 amide bonds. The molecule has 0 radical (unpaired) electrons. The van der Waals surface area contributed by atoms with Crippen molar-refractivity contribution in [2.45, 2.75) is 32.8 Å². The summed E-state index contributed by atoms with van der Waals surface area (Å²) < 4.78 is 27.1. The zero-order chi connectivity index (χ0) is 12.3. The predicted molar refractivity (Wildman–Crippen MR) is 60.4 cm³/mol. The van der Waals surface area contributed by atoms with Gasteiger partial charge in [0.05, 0.1) is 16.7 Å². The van der Waals surface area contributed by atoms with Crippen molar-refractivity contribution in [3.8, 4) is 0 Å². The van der Waals surface area contributed by atoms with E-state index in [0.717, 1.165) is 12.1 Å². The molecule has 1 rings (SSSR count). The maximum atomic E-state index is 13.6. The Morgan fingerprint density at radius 3 is 2.31 bits per heavy atom. The van der Waals surface area contributed by atoms with Crippen LogP contribution in [0.4, 0.5) is 8.78 Å². The zero-order valence-corrected chi connectivity index (χ0v) is 10.1. The van der Waals surface area contributed by atoms with Crippen LogP contribution in [-0.4, -0.2) is 5.11 Å². The van der Waals surface area contributed by atoms with E-state index in [4.69, 9.17) is 11.6 Å². The van der Waals surface area contributed by atoms with Crippen LogP contribution in [0, 0.1) is 17.6 Å². The van der Waals surface area contributed by atoms with Gasteiger partial charge in [-0.05, 0) is 18.1 Å². The molecular formula is C12H15ClF2O. The van der Waals surface area contributed by atoms with Crippen LogP contribution in [0.5, 0.6) is 0 Å². The molecule has 90 valence electrons. The number of benzene rings is 1. The average Bonchev–Trinajstić information content (AvgIpc) is 2.26. The van der Waals surface area contributed by atoms with Crippen molar-refractivity contribution >= 4 is 11.6 Å². The lowest BCUT2D eigenvalue weighted by Crippen LogP contribution is -2.14. The molecule has 0 spiro atoms. The van der Waals surface area contributed by atoms with Crippen LogP contribution >= 0.6 is 11.6 Å². The lowest BCUT2D eigenvalue weighted by Gasteiger charge is -2.21. The highest BCUT2D eigenvalue weighted by Gasteiger charge is 2.25. The Kier molecular flexibility index (Phi) is 4.69. The first-order chi connectivity index (χ1) is 7.52. The van der Waals surface area contributed by atoms with Crippen molar-refractivity contribution in [1.29, 1.82) is 0 Å². The lowest BCUT2D eigenvalue weighted by molar-refractivity contribution is 0.0957. The molecular weight excluding hydrogens is 234 g/mol. The molecule has 0 fully saturated rings. The van der Waals surface area contributed by atoms with Crippen LogP contribution in [0.1, 0.15) is 38.4 Å². The fourth-order valence-corrected chi connectivity index (χ4v) is 1.95. The maximum absolute atomic E-state index is 13.6. The van der Waals surface area contributed by atoms with Crippen molar-refractivity contribution in [2.24, 2.45) is 5.92 Å². The van der Waals surface area contributed by atoms with Crippen LogP contribution in [-0.2, 0) is 0 Å². The molecule has 0 saturated heterocycles. The molecule has 1 atom stereocenters. The summed E-state index contributed by atoms with van der Waals surface area (Å²) in [6, 6.07) is 2.22. The Morgan fingerprint density at radius 1 is 1.25 bits per heavy atom. The first kappa shape index (κ1) is 13.4. The van der Waals surface area contributed by atoms with Gasteiger partial charge in [-0.25, -0.2) is 8.78 Å². The van der Waals surface area contributed by atoms with Crippen LogP contribution in [0.25, 0.3) is 0 Å². The van der Waals surface area contributed by atoms with Crippen molar-refractivity contribution in [3.05, 3.63) is 34.4 Å². The highest BCUT2D eigenvalue weighted by atomic mass is 35.5. The topological polar surface area (TPSA) is 20.2 Å². The van der Waals surface area contributed by atoms with Gasteiger partial charge in [0, 0.05) is 0 Å². The van der Waals surface area contributed by atoms with E-state index in [1.807, 2.05) is 13.8 Å². The summed E-state index contributed by atoms with van der Waals surface area (Å²) in [7, 11) is 0. The van der Waals surface area contributed by atoms with Gasteiger partial charge in [0.1, 0.15) is 5.82 Å². The smallest absolute Gasteiger partial charge is 0.150 e. The van der Waals surface area contributed by atoms with Gasteiger partial charge in [0.15, 0.2) is 5.82 Å². The SMILES string of the molecule is CCC(CC)C(O)c1c(F)ccc(Cl)c1F. The number of aliphatic hydroxyl groups excluding tert-OH is 1. The van der Waals surface area contributed by atoms with Crippen molar-refractivity contribution in [1.82, 2.24) is 0 Å². The molecule has 0 aliphatic carbocycles. The maximum Gasteiger partial charge on any atom is 0.150 e. The Balaban J connectivity index is 3.16. The van der Waals surface area contributed by atoms with E-state index in [2.05, 4.69) is 0 Å². The normalized spacial score (nSPS) is 13.2. The van der Waals surface area contributed by atoms with Gasteiger partial charge < -0.3 is 5.11 Å². The molecule has 4 heteroatoms. The molecule has 16 heavy (non-hydrogen) atoms. The third kappa shape index (κ3) is 2.53. The summed E-state index contributed by atoms with van der Waals surface area (Å²) in [5.41, 5.74) is -0.318. The Hall–Kier alpha value is -0.670. The molecule has 0 aromatic heterocycles.